The van der Waals surface area contributed by atoms with Crippen LogP contribution in [0.4, 0.5) is 0 Å². The van der Waals surface area contributed by atoms with E-state index in [-0.39, 0.29) is 12.0 Å². The molecule has 0 spiro atoms. The Bertz CT molecular complexity index is 406. The van der Waals surface area contributed by atoms with E-state index in [2.05, 4.69) is 5.32 Å². The highest BCUT2D eigenvalue weighted by molar-refractivity contribution is 5.78. The summed E-state index contributed by atoms with van der Waals surface area (Å²) in [6.45, 7) is 6.41. The van der Waals surface area contributed by atoms with E-state index in [0.29, 0.717) is 32.3 Å². The van der Waals surface area contributed by atoms with Crippen molar-refractivity contribution in [3.63, 3.8) is 0 Å². The Morgan fingerprint density at radius 1 is 1.42 bits per heavy atom. The maximum Gasteiger partial charge on any atom is 0.236 e. The number of carbonyl (C=O) groups is 1. The van der Waals surface area contributed by atoms with Gasteiger partial charge in [0.25, 0.3) is 0 Å². The first-order chi connectivity index (χ1) is 9.16. The molecule has 1 aromatic carbocycles. The maximum atomic E-state index is 12.1. The van der Waals surface area contributed by atoms with Crippen molar-refractivity contribution in [2.24, 2.45) is 0 Å². The summed E-state index contributed by atoms with van der Waals surface area (Å²) in [6.07, 6.45) is -0.00190. The lowest BCUT2D eigenvalue weighted by atomic mass is 10.1. The molecule has 0 bridgehead atoms. The van der Waals surface area contributed by atoms with E-state index in [1.54, 1.807) is 0 Å². The SMILES string of the molecule is CC(C)NCC(=O)N1CCOC(c2ccccc2)C1. The number of carbonyl (C=O) groups excluding carboxylic acids is 1. The summed E-state index contributed by atoms with van der Waals surface area (Å²) >= 11 is 0. The minimum atomic E-state index is -0.00190. The molecule has 1 atom stereocenters. The van der Waals surface area contributed by atoms with Gasteiger partial charge in [-0.1, -0.05) is 44.2 Å². The summed E-state index contributed by atoms with van der Waals surface area (Å²) in [4.78, 5) is 14.0. The number of hydrogen-bond acceptors (Lipinski definition) is 3. The fourth-order valence-electron chi connectivity index (χ4n) is 2.15. The molecule has 1 heterocycles. The molecule has 0 aliphatic carbocycles. The predicted octanol–water partition coefficient (Wildman–Crippen LogP) is 1.58. The second-order valence-electron chi connectivity index (χ2n) is 5.15. The van der Waals surface area contributed by atoms with Crippen molar-refractivity contribution in [3.05, 3.63) is 35.9 Å². The first-order valence-corrected chi connectivity index (χ1v) is 6.84. The van der Waals surface area contributed by atoms with Crippen LogP contribution in [0.2, 0.25) is 0 Å². The van der Waals surface area contributed by atoms with E-state index in [9.17, 15) is 4.79 Å². The van der Waals surface area contributed by atoms with Gasteiger partial charge in [-0.3, -0.25) is 4.79 Å². The molecule has 0 saturated carbocycles. The maximum absolute atomic E-state index is 12.1. The van der Waals surface area contributed by atoms with Gasteiger partial charge in [0, 0.05) is 12.6 Å². The van der Waals surface area contributed by atoms with E-state index < -0.39 is 0 Å². The number of benzene rings is 1. The largest absolute Gasteiger partial charge is 0.370 e. The molecular weight excluding hydrogens is 240 g/mol. The quantitative estimate of drug-likeness (QED) is 0.896. The molecule has 1 unspecified atom stereocenters. The highest BCUT2D eigenvalue weighted by Gasteiger charge is 2.24. The van der Waals surface area contributed by atoms with Crippen LogP contribution in [-0.2, 0) is 9.53 Å². The van der Waals surface area contributed by atoms with E-state index in [1.165, 1.54) is 0 Å². The average molecular weight is 262 g/mol. The zero-order valence-corrected chi connectivity index (χ0v) is 11.6. The molecule has 1 fully saturated rings. The van der Waals surface area contributed by atoms with Gasteiger partial charge in [0.15, 0.2) is 0 Å². The van der Waals surface area contributed by atoms with Crippen molar-refractivity contribution in [1.82, 2.24) is 10.2 Å². The van der Waals surface area contributed by atoms with Crippen molar-refractivity contribution >= 4 is 5.91 Å². The van der Waals surface area contributed by atoms with Crippen LogP contribution in [0.15, 0.2) is 30.3 Å². The molecule has 1 aliphatic heterocycles. The van der Waals surface area contributed by atoms with Gasteiger partial charge in [0.2, 0.25) is 5.91 Å². The van der Waals surface area contributed by atoms with Crippen molar-refractivity contribution in [3.8, 4) is 0 Å². The molecule has 4 nitrogen and oxygen atoms in total. The van der Waals surface area contributed by atoms with Gasteiger partial charge in [-0.2, -0.15) is 0 Å². The monoisotopic (exact) mass is 262 g/mol. The van der Waals surface area contributed by atoms with E-state index in [0.717, 1.165) is 5.56 Å². The van der Waals surface area contributed by atoms with Crippen LogP contribution in [0, 0.1) is 0 Å². The lowest BCUT2D eigenvalue weighted by molar-refractivity contribution is -0.138. The highest BCUT2D eigenvalue weighted by atomic mass is 16.5. The number of ether oxygens (including phenoxy) is 1. The minimum absolute atomic E-state index is 0.00190. The number of morpholine rings is 1. The van der Waals surface area contributed by atoms with Crippen molar-refractivity contribution < 1.29 is 9.53 Å². The number of hydrogen-bond donors (Lipinski definition) is 1. The van der Waals surface area contributed by atoms with Crippen molar-refractivity contribution in [2.75, 3.05) is 26.2 Å². The van der Waals surface area contributed by atoms with Gasteiger partial charge in [0.1, 0.15) is 6.10 Å². The third kappa shape index (κ3) is 4.04. The van der Waals surface area contributed by atoms with Gasteiger partial charge in [0.05, 0.1) is 19.7 Å². The Morgan fingerprint density at radius 2 is 2.16 bits per heavy atom. The Labute approximate surface area is 114 Å². The molecule has 1 amide bonds. The fourth-order valence-corrected chi connectivity index (χ4v) is 2.15. The number of rotatable bonds is 4. The Balaban J connectivity index is 1.92. The van der Waals surface area contributed by atoms with Crippen molar-refractivity contribution in [1.29, 1.82) is 0 Å². The summed E-state index contributed by atoms with van der Waals surface area (Å²) in [5.41, 5.74) is 1.14. The minimum Gasteiger partial charge on any atom is -0.370 e. The van der Waals surface area contributed by atoms with Gasteiger partial charge in [-0.25, -0.2) is 0 Å². The number of nitrogens with zero attached hydrogens (tertiary/aromatic N) is 1. The predicted molar refractivity (Wildman–Crippen MR) is 74.9 cm³/mol. The Hall–Kier alpha value is -1.39. The standard InChI is InChI=1S/C15H22N2O2/c1-12(2)16-10-15(18)17-8-9-19-14(11-17)13-6-4-3-5-7-13/h3-7,12,14,16H,8-11H2,1-2H3. The van der Waals surface area contributed by atoms with E-state index in [4.69, 9.17) is 4.74 Å². The molecule has 104 valence electrons. The summed E-state index contributed by atoms with van der Waals surface area (Å²) in [6, 6.07) is 10.4. The smallest absolute Gasteiger partial charge is 0.236 e. The van der Waals surface area contributed by atoms with E-state index in [1.807, 2.05) is 49.1 Å². The zero-order chi connectivity index (χ0) is 13.7. The molecule has 2 rings (SSSR count). The highest BCUT2D eigenvalue weighted by Crippen LogP contribution is 2.21. The van der Waals surface area contributed by atoms with Crippen LogP contribution in [0.5, 0.6) is 0 Å². The number of nitrogens with one attached hydrogen (secondary N) is 1. The van der Waals surface area contributed by atoms with Crippen LogP contribution >= 0.6 is 0 Å². The Morgan fingerprint density at radius 3 is 2.84 bits per heavy atom. The lowest BCUT2D eigenvalue weighted by Crippen LogP contribution is -2.46. The second-order valence-corrected chi connectivity index (χ2v) is 5.15. The topological polar surface area (TPSA) is 41.6 Å². The van der Waals surface area contributed by atoms with Gasteiger partial charge >= 0.3 is 0 Å². The fraction of sp³-hybridized carbons (Fsp3) is 0.533. The summed E-state index contributed by atoms with van der Waals surface area (Å²) in [5, 5.41) is 3.17. The molecule has 1 aromatic rings. The van der Waals surface area contributed by atoms with E-state index >= 15 is 0 Å². The van der Waals surface area contributed by atoms with Gasteiger partial charge in [-0.05, 0) is 5.56 Å². The van der Waals surface area contributed by atoms with Crippen LogP contribution in [-0.4, -0.2) is 43.1 Å². The van der Waals surface area contributed by atoms with Gasteiger partial charge < -0.3 is 15.0 Å². The molecular formula is C15H22N2O2. The molecule has 1 N–H and O–H groups in total. The summed E-state index contributed by atoms with van der Waals surface area (Å²) in [7, 11) is 0. The lowest BCUT2D eigenvalue weighted by Gasteiger charge is -2.33. The average Bonchev–Trinajstić information content (AvgIpc) is 2.46. The first-order valence-electron chi connectivity index (χ1n) is 6.84. The summed E-state index contributed by atoms with van der Waals surface area (Å²) < 4.78 is 5.76. The normalized spacial score (nSPS) is 19.7. The Kier molecular flexibility index (Phi) is 4.93. The molecule has 0 radical (unpaired) electrons. The van der Waals surface area contributed by atoms with Crippen molar-refractivity contribution in [2.45, 2.75) is 26.0 Å². The molecule has 0 aromatic heterocycles. The van der Waals surface area contributed by atoms with Crippen LogP contribution in [0.3, 0.4) is 0 Å². The molecule has 4 heteroatoms. The molecule has 1 saturated heterocycles. The summed E-state index contributed by atoms with van der Waals surface area (Å²) in [5.74, 6) is 0.151. The third-order valence-corrected chi connectivity index (χ3v) is 3.25. The second kappa shape index (κ2) is 6.68. The zero-order valence-electron chi connectivity index (χ0n) is 11.6. The van der Waals surface area contributed by atoms with Crippen LogP contribution in [0.1, 0.15) is 25.5 Å². The van der Waals surface area contributed by atoms with Gasteiger partial charge in [-0.15, -0.1) is 0 Å². The molecule has 1 aliphatic rings. The third-order valence-electron chi connectivity index (χ3n) is 3.25. The number of amides is 1. The first kappa shape index (κ1) is 14.0. The van der Waals surface area contributed by atoms with Crippen LogP contribution < -0.4 is 5.32 Å². The molecule has 19 heavy (non-hydrogen) atoms. The van der Waals surface area contributed by atoms with Crippen LogP contribution in [0.25, 0.3) is 0 Å².